The van der Waals surface area contributed by atoms with E-state index in [9.17, 15) is 0 Å². The van der Waals surface area contributed by atoms with Gasteiger partial charge in [-0.2, -0.15) is 0 Å². The lowest BCUT2D eigenvalue weighted by Gasteiger charge is -2.08. The van der Waals surface area contributed by atoms with Crippen molar-refractivity contribution in [2.75, 3.05) is 18.5 Å². The van der Waals surface area contributed by atoms with Crippen LogP contribution in [0.1, 0.15) is 46.0 Å². The van der Waals surface area contributed by atoms with Crippen LogP contribution in [0.3, 0.4) is 0 Å². The Labute approximate surface area is 105 Å². The van der Waals surface area contributed by atoms with E-state index < -0.39 is 0 Å². The zero-order chi connectivity index (χ0) is 12.3. The van der Waals surface area contributed by atoms with Gasteiger partial charge in [0.25, 0.3) is 0 Å². The third kappa shape index (κ3) is 6.15. The average molecular weight is 236 g/mol. The van der Waals surface area contributed by atoms with Crippen molar-refractivity contribution in [2.24, 2.45) is 0 Å². The molecular formula is C14H24N2O. The number of aromatic nitrogens is 1. The Balaban J connectivity index is 2.19. The summed E-state index contributed by atoms with van der Waals surface area (Å²) in [5.74, 6) is 0.860. The molecule has 0 saturated carbocycles. The van der Waals surface area contributed by atoms with E-state index in [1.54, 1.807) is 6.20 Å². The highest BCUT2D eigenvalue weighted by Crippen LogP contribution is 2.15. The highest BCUT2D eigenvalue weighted by atomic mass is 16.5. The molecule has 0 aromatic carbocycles. The highest BCUT2D eigenvalue weighted by molar-refractivity contribution is 5.44. The van der Waals surface area contributed by atoms with E-state index in [0.717, 1.165) is 31.0 Å². The van der Waals surface area contributed by atoms with Crippen LogP contribution in [-0.4, -0.2) is 18.1 Å². The van der Waals surface area contributed by atoms with Crippen LogP contribution >= 0.6 is 0 Å². The van der Waals surface area contributed by atoms with Gasteiger partial charge in [-0.05, 0) is 13.3 Å². The average Bonchev–Trinajstić information content (AvgIpc) is 2.35. The summed E-state index contributed by atoms with van der Waals surface area (Å²) in [6, 6.07) is 2.00. The monoisotopic (exact) mass is 236 g/mol. The molecule has 3 nitrogen and oxygen atoms in total. The number of unbranched alkanes of at least 4 members (excludes halogenated alkanes) is 4. The largest absolute Gasteiger partial charge is 0.492 e. The summed E-state index contributed by atoms with van der Waals surface area (Å²) in [6.45, 7) is 6.00. The minimum atomic E-state index is 0.793. The third-order valence-electron chi connectivity index (χ3n) is 2.61. The van der Waals surface area contributed by atoms with Crippen LogP contribution in [0.5, 0.6) is 5.75 Å². The second-order valence-electron chi connectivity index (χ2n) is 4.20. The summed E-state index contributed by atoms with van der Waals surface area (Å²) in [6.07, 6.45) is 9.91. The lowest BCUT2D eigenvalue weighted by atomic mass is 10.2. The zero-order valence-electron chi connectivity index (χ0n) is 11.0. The molecular weight excluding hydrogens is 212 g/mol. The van der Waals surface area contributed by atoms with Crippen LogP contribution in [0.2, 0.25) is 0 Å². The standard InChI is InChI=1S/C14H24N2O/c1-3-5-6-7-8-9-17-14-10-13(16-4-2)11-15-12-14/h10-12,16H,3-9H2,1-2H3. The van der Waals surface area contributed by atoms with E-state index >= 15 is 0 Å². The highest BCUT2D eigenvalue weighted by Gasteiger charge is 1.97. The second kappa shape index (κ2) is 8.85. The summed E-state index contributed by atoms with van der Waals surface area (Å²) < 4.78 is 5.67. The predicted octanol–water partition coefficient (Wildman–Crippen LogP) is 3.86. The van der Waals surface area contributed by atoms with Crippen LogP contribution < -0.4 is 10.1 Å². The van der Waals surface area contributed by atoms with Crippen molar-refractivity contribution < 1.29 is 4.74 Å². The van der Waals surface area contributed by atoms with E-state index in [2.05, 4.69) is 24.1 Å². The Morgan fingerprint density at radius 3 is 2.71 bits per heavy atom. The number of hydrogen-bond acceptors (Lipinski definition) is 3. The van der Waals surface area contributed by atoms with Crippen LogP contribution in [0.25, 0.3) is 0 Å². The summed E-state index contributed by atoms with van der Waals surface area (Å²) in [5.41, 5.74) is 1.02. The molecule has 17 heavy (non-hydrogen) atoms. The maximum absolute atomic E-state index is 5.67. The van der Waals surface area contributed by atoms with Gasteiger partial charge in [0, 0.05) is 12.6 Å². The Morgan fingerprint density at radius 1 is 1.12 bits per heavy atom. The molecule has 0 aliphatic rings. The number of ether oxygens (including phenoxy) is 1. The number of nitrogens with zero attached hydrogens (tertiary/aromatic N) is 1. The lowest BCUT2D eigenvalue weighted by molar-refractivity contribution is 0.303. The van der Waals surface area contributed by atoms with Gasteiger partial charge in [-0.15, -0.1) is 0 Å². The van der Waals surface area contributed by atoms with Gasteiger partial charge < -0.3 is 10.1 Å². The molecule has 0 aliphatic carbocycles. The quantitative estimate of drug-likeness (QED) is 0.661. The molecule has 0 atom stereocenters. The summed E-state index contributed by atoms with van der Waals surface area (Å²) in [4.78, 5) is 4.14. The molecule has 0 saturated heterocycles. The smallest absolute Gasteiger partial charge is 0.139 e. The minimum Gasteiger partial charge on any atom is -0.492 e. The van der Waals surface area contributed by atoms with E-state index in [4.69, 9.17) is 4.74 Å². The maximum atomic E-state index is 5.67. The molecule has 0 bridgehead atoms. The van der Waals surface area contributed by atoms with Crippen molar-refractivity contribution in [1.82, 2.24) is 4.98 Å². The van der Waals surface area contributed by atoms with Crippen LogP contribution in [0.15, 0.2) is 18.5 Å². The van der Waals surface area contributed by atoms with Gasteiger partial charge >= 0.3 is 0 Å². The summed E-state index contributed by atoms with van der Waals surface area (Å²) in [5, 5.41) is 3.22. The van der Waals surface area contributed by atoms with Gasteiger partial charge in [-0.1, -0.05) is 32.6 Å². The number of anilines is 1. The van der Waals surface area contributed by atoms with Gasteiger partial charge in [0.15, 0.2) is 0 Å². The van der Waals surface area contributed by atoms with Gasteiger partial charge in [0.2, 0.25) is 0 Å². The van der Waals surface area contributed by atoms with E-state index in [-0.39, 0.29) is 0 Å². The maximum Gasteiger partial charge on any atom is 0.139 e. The molecule has 1 aromatic heterocycles. The fourth-order valence-electron chi connectivity index (χ4n) is 1.69. The summed E-state index contributed by atoms with van der Waals surface area (Å²) in [7, 11) is 0. The minimum absolute atomic E-state index is 0.793. The number of hydrogen-bond donors (Lipinski definition) is 1. The molecule has 96 valence electrons. The first kappa shape index (κ1) is 13.8. The Bertz CT molecular complexity index is 302. The van der Waals surface area contributed by atoms with Crippen molar-refractivity contribution in [1.29, 1.82) is 0 Å². The van der Waals surface area contributed by atoms with Crippen LogP contribution in [-0.2, 0) is 0 Å². The van der Waals surface area contributed by atoms with Crippen molar-refractivity contribution in [3.8, 4) is 5.75 Å². The SMILES string of the molecule is CCCCCCCOc1cncc(NCC)c1. The molecule has 3 heteroatoms. The second-order valence-corrected chi connectivity index (χ2v) is 4.20. The zero-order valence-corrected chi connectivity index (χ0v) is 11.0. The molecule has 1 N–H and O–H groups in total. The molecule has 0 aliphatic heterocycles. The first-order valence-corrected chi connectivity index (χ1v) is 6.68. The Morgan fingerprint density at radius 2 is 1.94 bits per heavy atom. The van der Waals surface area contributed by atoms with Crippen molar-refractivity contribution >= 4 is 5.69 Å². The topological polar surface area (TPSA) is 34.1 Å². The lowest BCUT2D eigenvalue weighted by Crippen LogP contribution is -2.00. The molecule has 0 spiro atoms. The molecule has 1 rings (SSSR count). The molecule has 0 unspecified atom stereocenters. The van der Waals surface area contributed by atoms with E-state index in [1.807, 2.05) is 12.3 Å². The number of pyridine rings is 1. The van der Waals surface area contributed by atoms with Gasteiger partial charge in [-0.3, -0.25) is 4.98 Å². The predicted molar refractivity (Wildman–Crippen MR) is 72.7 cm³/mol. The molecule has 0 fully saturated rings. The van der Waals surface area contributed by atoms with Crippen LogP contribution in [0, 0.1) is 0 Å². The third-order valence-corrected chi connectivity index (χ3v) is 2.61. The van der Waals surface area contributed by atoms with E-state index in [0.29, 0.717) is 0 Å². The Hall–Kier alpha value is -1.25. The van der Waals surface area contributed by atoms with Gasteiger partial charge in [-0.25, -0.2) is 0 Å². The van der Waals surface area contributed by atoms with Gasteiger partial charge in [0.1, 0.15) is 5.75 Å². The molecule has 1 heterocycles. The van der Waals surface area contributed by atoms with Crippen molar-refractivity contribution in [3.63, 3.8) is 0 Å². The summed E-state index contributed by atoms with van der Waals surface area (Å²) >= 11 is 0. The van der Waals surface area contributed by atoms with Crippen molar-refractivity contribution in [3.05, 3.63) is 18.5 Å². The number of nitrogens with one attached hydrogen (secondary N) is 1. The normalized spacial score (nSPS) is 10.2. The first-order valence-electron chi connectivity index (χ1n) is 6.68. The Kier molecular flexibility index (Phi) is 7.19. The first-order chi connectivity index (χ1) is 8.36. The molecule has 0 amide bonds. The van der Waals surface area contributed by atoms with E-state index in [1.165, 1.54) is 25.7 Å². The fraction of sp³-hybridized carbons (Fsp3) is 0.643. The van der Waals surface area contributed by atoms with Gasteiger partial charge in [0.05, 0.1) is 24.7 Å². The molecule has 0 radical (unpaired) electrons. The van der Waals surface area contributed by atoms with Crippen LogP contribution in [0.4, 0.5) is 5.69 Å². The molecule has 1 aromatic rings. The fourth-order valence-corrected chi connectivity index (χ4v) is 1.69. The van der Waals surface area contributed by atoms with Crippen molar-refractivity contribution in [2.45, 2.75) is 46.0 Å². The number of rotatable bonds is 9.